The van der Waals surface area contributed by atoms with E-state index in [0.717, 1.165) is 19.6 Å². The molecule has 1 saturated heterocycles. The van der Waals surface area contributed by atoms with Gasteiger partial charge in [-0.05, 0) is 36.6 Å². The van der Waals surface area contributed by atoms with Gasteiger partial charge in [-0.1, -0.05) is 18.2 Å². The molecule has 7 heteroatoms. The minimum atomic E-state index is -3.44. The Morgan fingerprint density at radius 1 is 1.13 bits per heavy atom. The number of H-pyrrole nitrogens is 1. The molecule has 0 spiro atoms. The van der Waals surface area contributed by atoms with Gasteiger partial charge >= 0.3 is 0 Å². The van der Waals surface area contributed by atoms with Crippen LogP contribution in [-0.2, 0) is 16.6 Å². The van der Waals surface area contributed by atoms with Gasteiger partial charge in [0, 0.05) is 32.7 Å². The van der Waals surface area contributed by atoms with E-state index in [2.05, 4.69) is 47.1 Å². The summed E-state index contributed by atoms with van der Waals surface area (Å²) in [7, 11) is -3.44. The third kappa shape index (κ3) is 3.31. The molecule has 23 heavy (non-hydrogen) atoms. The lowest BCUT2D eigenvalue weighted by Gasteiger charge is -2.34. The molecule has 0 amide bonds. The largest absolute Gasteiger partial charge is 0.296 e. The summed E-state index contributed by atoms with van der Waals surface area (Å²) in [5.41, 5.74) is 3.93. The first kappa shape index (κ1) is 16.2. The molecule has 1 aliphatic heterocycles. The zero-order valence-corrected chi connectivity index (χ0v) is 14.3. The summed E-state index contributed by atoms with van der Waals surface area (Å²) in [5.74, 6) is 0. The summed E-state index contributed by atoms with van der Waals surface area (Å²) in [6, 6.07) is 7.85. The maximum absolute atomic E-state index is 12.4. The second-order valence-corrected chi connectivity index (χ2v) is 7.87. The van der Waals surface area contributed by atoms with Crippen molar-refractivity contribution in [2.45, 2.75) is 25.4 Å². The van der Waals surface area contributed by atoms with Crippen LogP contribution in [0.1, 0.15) is 16.7 Å². The molecule has 2 heterocycles. The molecule has 2 aromatic rings. The van der Waals surface area contributed by atoms with Crippen molar-refractivity contribution in [2.75, 3.05) is 26.2 Å². The van der Waals surface area contributed by atoms with E-state index in [9.17, 15) is 8.42 Å². The van der Waals surface area contributed by atoms with E-state index >= 15 is 0 Å². The van der Waals surface area contributed by atoms with E-state index in [0.29, 0.717) is 13.1 Å². The molecule has 124 valence electrons. The van der Waals surface area contributed by atoms with E-state index in [1.807, 2.05) is 0 Å². The first-order valence-electron chi connectivity index (χ1n) is 7.75. The highest BCUT2D eigenvalue weighted by Gasteiger charge is 2.29. The number of nitrogens with one attached hydrogen (secondary N) is 1. The van der Waals surface area contributed by atoms with Crippen molar-refractivity contribution in [3.8, 4) is 0 Å². The molecule has 0 saturated carbocycles. The Morgan fingerprint density at radius 3 is 2.52 bits per heavy atom. The van der Waals surface area contributed by atoms with Crippen molar-refractivity contribution in [3.05, 3.63) is 47.2 Å². The van der Waals surface area contributed by atoms with Gasteiger partial charge in [0.25, 0.3) is 10.0 Å². The molecule has 1 fully saturated rings. The second kappa shape index (κ2) is 6.43. The number of hydrogen-bond acceptors (Lipinski definition) is 4. The Bertz CT molecular complexity index is 763. The van der Waals surface area contributed by atoms with Crippen LogP contribution in [-0.4, -0.2) is 54.0 Å². The quantitative estimate of drug-likeness (QED) is 0.921. The van der Waals surface area contributed by atoms with E-state index in [-0.39, 0.29) is 5.03 Å². The SMILES string of the molecule is Cc1cccc(CN2CCN(S(=O)(=O)c3ccn[nH]3)CC2)c1C. The third-order valence-corrected chi connectivity index (χ3v) is 6.36. The van der Waals surface area contributed by atoms with Crippen molar-refractivity contribution in [1.82, 2.24) is 19.4 Å². The predicted octanol–water partition coefficient (Wildman–Crippen LogP) is 1.53. The highest BCUT2D eigenvalue weighted by Crippen LogP contribution is 2.18. The number of aromatic amines is 1. The summed E-state index contributed by atoms with van der Waals surface area (Å²) < 4.78 is 26.4. The Kier molecular flexibility index (Phi) is 4.52. The number of piperazine rings is 1. The van der Waals surface area contributed by atoms with Crippen LogP contribution in [0.5, 0.6) is 0 Å². The van der Waals surface area contributed by atoms with Crippen LogP contribution in [0.4, 0.5) is 0 Å². The lowest BCUT2D eigenvalue weighted by molar-refractivity contribution is 0.181. The molecular formula is C16H22N4O2S. The predicted molar refractivity (Wildman–Crippen MR) is 88.5 cm³/mol. The van der Waals surface area contributed by atoms with Crippen LogP contribution in [0.2, 0.25) is 0 Å². The molecule has 1 N–H and O–H groups in total. The zero-order valence-electron chi connectivity index (χ0n) is 13.5. The van der Waals surface area contributed by atoms with Crippen molar-refractivity contribution in [2.24, 2.45) is 0 Å². The van der Waals surface area contributed by atoms with Crippen molar-refractivity contribution < 1.29 is 8.42 Å². The topological polar surface area (TPSA) is 69.3 Å². The van der Waals surface area contributed by atoms with Gasteiger partial charge in [0.2, 0.25) is 0 Å². The minimum absolute atomic E-state index is 0.167. The Labute approximate surface area is 137 Å². The fourth-order valence-corrected chi connectivity index (χ4v) is 4.20. The molecule has 3 rings (SSSR count). The van der Waals surface area contributed by atoms with Gasteiger partial charge in [-0.15, -0.1) is 0 Å². The van der Waals surface area contributed by atoms with E-state index in [1.165, 1.54) is 33.3 Å². The standard InChI is InChI=1S/C16H22N4O2S/c1-13-4-3-5-15(14(13)2)12-19-8-10-20(11-9-19)23(21,22)16-6-7-17-18-16/h3-7H,8-12H2,1-2H3,(H,17,18). The number of benzene rings is 1. The zero-order chi connectivity index (χ0) is 16.4. The fraction of sp³-hybridized carbons (Fsp3) is 0.438. The summed E-state index contributed by atoms with van der Waals surface area (Å²) >= 11 is 0. The summed E-state index contributed by atoms with van der Waals surface area (Å²) in [6.07, 6.45) is 1.46. The van der Waals surface area contributed by atoms with Crippen LogP contribution in [0, 0.1) is 13.8 Å². The number of aryl methyl sites for hydroxylation is 1. The van der Waals surface area contributed by atoms with Crippen molar-refractivity contribution in [3.63, 3.8) is 0 Å². The molecule has 0 bridgehead atoms. The van der Waals surface area contributed by atoms with Gasteiger partial charge in [0.05, 0.1) is 6.20 Å². The van der Waals surface area contributed by atoms with Crippen molar-refractivity contribution in [1.29, 1.82) is 0 Å². The Balaban J connectivity index is 1.64. The third-order valence-electron chi connectivity index (χ3n) is 4.54. The monoisotopic (exact) mass is 334 g/mol. The molecule has 1 aliphatic rings. The summed E-state index contributed by atoms with van der Waals surface area (Å²) in [6.45, 7) is 7.61. The van der Waals surface area contributed by atoms with Gasteiger partial charge in [0.15, 0.2) is 5.03 Å². The first-order chi connectivity index (χ1) is 11.0. The van der Waals surface area contributed by atoms with Crippen LogP contribution in [0.15, 0.2) is 35.5 Å². The molecule has 1 aromatic carbocycles. The molecule has 6 nitrogen and oxygen atoms in total. The number of sulfonamides is 1. The number of rotatable bonds is 4. The van der Waals surface area contributed by atoms with Crippen molar-refractivity contribution >= 4 is 10.0 Å². The van der Waals surface area contributed by atoms with Gasteiger partial charge < -0.3 is 0 Å². The van der Waals surface area contributed by atoms with E-state index in [4.69, 9.17) is 0 Å². The second-order valence-electron chi connectivity index (χ2n) is 5.96. The number of hydrogen-bond donors (Lipinski definition) is 1. The van der Waals surface area contributed by atoms with Crippen LogP contribution in [0.25, 0.3) is 0 Å². The summed E-state index contributed by atoms with van der Waals surface area (Å²) in [4.78, 5) is 2.31. The number of aromatic nitrogens is 2. The first-order valence-corrected chi connectivity index (χ1v) is 9.19. The van der Waals surface area contributed by atoms with Crippen LogP contribution >= 0.6 is 0 Å². The molecule has 0 unspecified atom stereocenters. The van der Waals surface area contributed by atoms with E-state index < -0.39 is 10.0 Å². The molecule has 0 atom stereocenters. The highest BCUT2D eigenvalue weighted by molar-refractivity contribution is 7.89. The fourth-order valence-electron chi connectivity index (χ4n) is 2.88. The molecule has 0 aliphatic carbocycles. The lowest BCUT2D eigenvalue weighted by atomic mass is 10.0. The van der Waals surface area contributed by atoms with Gasteiger partial charge in [0.1, 0.15) is 0 Å². The maximum Gasteiger partial charge on any atom is 0.260 e. The van der Waals surface area contributed by atoms with Crippen LogP contribution < -0.4 is 0 Å². The molecular weight excluding hydrogens is 312 g/mol. The van der Waals surface area contributed by atoms with Crippen LogP contribution in [0.3, 0.4) is 0 Å². The molecule has 0 radical (unpaired) electrons. The van der Waals surface area contributed by atoms with Gasteiger partial charge in [-0.3, -0.25) is 10.00 Å². The molecule has 1 aromatic heterocycles. The average Bonchev–Trinajstić information content (AvgIpc) is 3.08. The summed E-state index contributed by atoms with van der Waals surface area (Å²) in [5, 5.41) is 6.44. The Hall–Kier alpha value is -1.70. The van der Waals surface area contributed by atoms with Gasteiger partial charge in [-0.25, -0.2) is 8.42 Å². The average molecular weight is 334 g/mol. The highest BCUT2D eigenvalue weighted by atomic mass is 32.2. The minimum Gasteiger partial charge on any atom is -0.296 e. The van der Waals surface area contributed by atoms with E-state index in [1.54, 1.807) is 0 Å². The maximum atomic E-state index is 12.4. The normalized spacial score (nSPS) is 17.5. The van der Waals surface area contributed by atoms with Gasteiger partial charge in [-0.2, -0.15) is 9.40 Å². The smallest absolute Gasteiger partial charge is 0.260 e. The lowest BCUT2D eigenvalue weighted by Crippen LogP contribution is -2.48. The Morgan fingerprint density at radius 2 is 1.87 bits per heavy atom. The number of nitrogens with zero attached hydrogens (tertiary/aromatic N) is 3.